The molecule has 0 aromatic carbocycles. The lowest BCUT2D eigenvalue weighted by Gasteiger charge is -2.37. The monoisotopic (exact) mass is 316 g/mol. The highest BCUT2D eigenvalue weighted by atomic mass is 32.2. The Morgan fingerprint density at radius 2 is 2.19 bits per heavy atom. The molecule has 1 atom stereocenters. The number of sulfonamides is 1. The highest BCUT2D eigenvalue weighted by Crippen LogP contribution is 2.31. The van der Waals surface area contributed by atoms with Gasteiger partial charge in [-0.15, -0.1) is 0 Å². The van der Waals surface area contributed by atoms with Crippen LogP contribution in [-0.2, 0) is 15.6 Å². The summed E-state index contributed by atoms with van der Waals surface area (Å²) in [7, 11) is -3.36. The van der Waals surface area contributed by atoms with Crippen molar-refractivity contribution in [3.05, 3.63) is 11.9 Å². The van der Waals surface area contributed by atoms with Crippen LogP contribution in [0.15, 0.2) is 6.20 Å². The molecule has 8 heteroatoms. The van der Waals surface area contributed by atoms with Crippen molar-refractivity contribution >= 4 is 10.0 Å². The predicted octanol–water partition coefficient (Wildman–Crippen LogP) is 0.854. The largest absolute Gasteiger partial charge is 0.382 e. The van der Waals surface area contributed by atoms with E-state index in [1.165, 1.54) is 10.5 Å². The fraction of sp³-hybridized carbons (Fsp3) is 0.846. The fourth-order valence-electron chi connectivity index (χ4n) is 2.43. The third-order valence-corrected chi connectivity index (χ3v) is 5.65. The summed E-state index contributed by atoms with van der Waals surface area (Å²) in [4.78, 5) is 0. The number of aromatic amines is 1. The second kappa shape index (κ2) is 5.66. The van der Waals surface area contributed by atoms with Crippen LogP contribution in [0.5, 0.6) is 0 Å². The molecule has 0 spiro atoms. The molecule has 7 nitrogen and oxygen atoms in total. The average Bonchev–Trinajstić information content (AvgIpc) is 2.90. The van der Waals surface area contributed by atoms with Gasteiger partial charge in [0.15, 0.2) is 0 Å². The number of hydrogen-bond acceptors (Lipinski definition) is 5. The second-order valence-corrected chi connectivity index (χ2v) is 9.04. The molecule has 1 aromatic heterocycles. The minimum absolute atomic E-state index is 0.0364. The van der Waals surface area contributed by atoms with Gasteiger partial charge < -0.3 is 5.11 Å². The molecule has 2 rings (SSSR count). The van der Waals surface area contributed by atoms with Crippen LogP contribution in [0.25, 0.3) is 0 Å². The molecule has 0 radical (unpaired) electrons. The van der Waals surface area contributed by atoms with Crippen molar-refractivity contribution in [2.45, 2.75) is 45.6 Å². The van der Waals surface area contributed by atoms with Crippen LogP contribution in [0, 0.1) is 5.41 Å². The van der Waals surface area contributed by atoms with Crippen LogP contribution in [0.2, 0.25) is 0 Å². The van der Waals surface area contributed by atoms with Gasteiger partial charge in [0.1, 0.15) is 11.3 Å². The van der Waals surface area contributed by atoms with Gasteiger partial charge in [-0.2, -0.15) is 19.7 Å². The van der Waals surface area contributed by atoms with Gasteiger partial charge in [-0.25, -0.2) is 8.42 Å². The molecule has 2 N–H and O–H groups in total. The van der Waals surface area contributed by atoms with Crippen molar-refractivity contribution in [3.8, 4) is 0 Å². The number of β-amino-alcohol motifs (C(OH)–C–C–N with tert-alkyl or cyclic N) is 1. The standard InChI is InChI=1S/C13H24N4O3S/c1-12(2,3)6-8-21(19,20)17-7-4-5-13(18,10-17)11-9-14-16-15-11/h9,18H,4-8,10H2,1-3H3,(H,14,15,16)/t13-/m1/s1. The van der Waals surface area contributed by atoms with Crippen molar-refractivity contribution in [3.63, 3.8) is 0 Å². The maximum Gasteiger partial charge on any atom is 0.214 e. The van der Waals surface area contributed by atoms with Gasteiger partial charge in [-0.1, -0.05) is 20.8 Å². The van der Waals surface area contributed by atoms with Gasteiger partial charge in [0.05, 0.1) is 11.9 Å². The molecule has 0 saturated carbocycles. The molecule has 120 valence electrons. The summed E-state index contributed by atoms with van der Waals surface area (Å²) in [5.74, 6) is 0.103. The first-order chi connectivity index (χ1) is 9.62. The lowest BCUT2D eigenvalue weighted by molar-refractivity contribution is -0.0161. The van der Waals surface area contributed by atoms with E-state index in [2.05, 4.69) is 15.4 Å². The Bertz CT molecular complexity index is 565. The fourth-order valence-corrected chi connectivity index (χ4v) is 4.38. The Labute approximate surface area is 125 Å². The van der Waals surface area contributed by atoms with Crippen molar-refractivity contribution in [1.29, 1.82) is 0 Å². The second-order valence-electron chi connectivity index (χ2n) is 6.95. The number of aromatic nitrogens is 3. The highest BCUT2D eigenvalue weighted by Gasteiger charge is 2.41. The molecule has 1 saturated heterocycles. The number of nitrogens with zero attached hydrogens (tertiary/aromatic N) is 3. The van der Waals surface area contributed by atoms with E-state index in [1.54, 1.807) is 0 Å². The first kappa shape index (κ1) is 16.4. The number of H-pyrrole nitrogens is 1. The predicted molar refractivity (Wildman–Crippen MR) is 78.9 cm³/mol. The quantitative estimate of drug-likeness (QED) is 0.858. The van der Waals surface area contributed by atoms with Crippen LogP contribution >= 0.6 is 0 Å². The summed E-state index contributed by atoms with van der Waals surface area (Å²) >= 11 is 0. The molecule has 0 unspecified atom stereocenters. The zero-order valence-corrected chi connectivity index (χ0v) is 13.7. The molecule has 2 heterocycles. The highest BCUT2D eigenvalue weighted by molar-refractivity contribution is 7.89. The first-order valence-corrected chi connectivity index (χ1v) is 8.80. The number of rotatable bonds is 4. The smallest absolute Gasteiger partial charge is 0.214 e. The van der Waals surface area contributed by atoms with Crippen molar-refractivity contribution in [2.24, 2.45) is 5.41 Å². The molecular formula is C13H24N4O3S. The van der Waals surface area contributed by atoms with E-state index < -0.39 is 15.6 Å². The van der Waals surface area contributed by atoms with E-state index in [4.69, 9.17) is 0 Å². The minimum Gasteiger partial charge on any atom is -0.382 e. The number of hydrogen-bond donors (Lipinski definition) is 2. The van der Waals surface area contributed by atoms with Gasteiger partial charge in [-0.05, 0) is 24.7 Å². The molecule has 0 bridgehead atoms. The summed E-state index contributed by atoms with van der Waals surface area (Å²) in [6.45, 7) is 6.55. The Kier molecular flexibility index (Phi) is 4.41. The van der Waals surface area contributed by atoms with Crippen LogP contribution in [0.3, 0.4) is 0 Å². The minimum atomic E-state index is -3.36. The lowest BCUT2D eigenvalue weighted by atomic mass is 9.91. The van der Waals surface area contributed by atoms with Crippen molar-refractivity contribution in [1.82, 2.24) is 19.7 Å². The van der Waals surface area contributed by atoms with E-state index in [0.717, 1.165) is 0 Å². The average molecular weight is 316 g/mol. The Balaban J connectivity index is 2.10. The topological polar surface area (TPSA) is 99.2 Å². The van der Waals surface area contributed by atoms with E-state index in [-0.39, 0.29) is 17.7 Å². The summed E-state index contributed by atoms with van der Waals surface area (Å²) in [6, 6.07) is 0. The van der Waals surface area contributed by atoms with Crippen LogP contribution in [0.4, 0.5) is 0 Å². The normalized spacial score (nSPS) is 25.1. The molecule has 0 aliphatic carbocycles. The van der Waals surface area contributed by atoms with Crippen molar-refractivity contribution in [2.75, 3.05) is 18.8 Å². The van der Waals surface area contributed by atoms with Gasteiger partial charge >= 0.3 is 0 Å². The molecule has 1 aliphatic heterocycles. The lowest BCUT2D eigenvalue weighted by Crippen LogP contribution is -2.49. The van der Waals surface area contributed by atoms with Crippen LogP contribution < -0.4 is 0 Å². The van der Waals surface area contributed by atoms with Crippen molar-refractivity contribution < 1.29 is 13.5 Å². The SMILES string of the molecule is CC(C)(C)CCS(=O)(=O)N1CCC[C@](O)(c2cn[nH]n2)C1. The van der Waals surface area contributed by atoms with Crippen LogP contribution in [0.1, 0.15) is 45.7 Å². The third kappa shape index (κ3) is 4.02. The molecular weight excluding hydrogens is 292 g/mol. The summed E-state index contributed by atoms with van der Waals surface area (Å²) < 4.78 is 26.3. The molecule has 1 aliphatic rings. The van der Waals surface area contributed by atoms with E-state index in [9.17, 15) is 13.5 Å². The van der Waals surface area contributed by atoms with E-state index >= 15 is 0 Å². The Morgan fingerprint density at radius 3 is 2.76 bits per heavy atom. The van der Waals surface area contributed by atoms with Gasteiger partial charge in [0.2, 0.25) is 10.0 Å². The van der Waals surface area contributed by atoms with Crippen LogP contribution in [-0.4, -0.2) is 52.1 Å². The number of nitrogens with one attached hydrogen (secondary N) is 1. The Morgan fingerprint density at radius 1 is 1.48 bits per heavy atom. The van der Waals surface area contributed by atoms with Gasteiger partial charge in [0, 0.05) is 13.1 Å². The molecule has 21 heavy (non-hydrogen) atoms. The summed E-state index contributed by atoms with van der Waals surface area (Å²) in [5.41, 5.74) is -0.885. The van der Waals surface area contributed by atoms with Gasteiger partial charge in [0.25, 0.3) is 0 Å². The van der Waals surface area contributed by atoms with E-state index in [1.807, 2.05) is 20.8 Å². The summed E-state index contributed by atoms with van der Waals surface area (Å²) in [5, 5.41) is 20.7. The van der Waals surface area contributed by atoms with Gasteiger partial charge in [-0.3, -0.25) is 0 Å². The summed E-state index contributed by atoms with van der Waals surface area (Å²) in [6.07, 6.45) is 3.14. The third-order valence-electron chi connectivity index (χ3n) is 3.83. The molecule has 0 amide bonds. The molecule has 1 fully saturated rings. The Hall–Kier alpha value is -0.990. The maximum absolute atomic E-state index is 12.5. The zero-order valence-electron chi connectivity index (χ0n) is 12.8. The maximum atomic E-state index is 12.5. The number of aliphatic hydroxyl groups is 1. The zero-order chi connectivity index (χ0) is 15.7. The first-order valence-electron chi connectivity index (χ1n) is 7.19. The number of piperidine rings is 1. The van der Waals surface area contributed by atoms with E-state index in [0.29, 0.717) is 31.5 Å². The molecule has 1 aromatic rings.